The van der Waals surface area contributed by atoms with Crippen LogP contribution in [0.25, 0.3) is 11.8 Å². The van der Waals surface area contributed by atoms with Crippen molar-refractivity contribution in [2.75, 3.05) is 11.7 Å². The van der Waals surface area contributed by atoms with Crippen molar-refractivity contribution in [1.29, 1.82) is 0 Å². The van der Waals surface area contributed by atoms with E-state index in [1.807, 2.05) is 36.6 Å². The van der Waals surface area contributed by atoms with Crippen molar-refractivity contribution in [2.24, 2.45) is 0 Å². The van der Waals surface area contributed by atoms with Gasteiger partial charge in [-0.1, -0.05) is 11.6 Å². The van der Waals surface area contributed by atoms with Gasteiger partial charge in [0.2, 0.25) is 6.79 Å². The third kappa shape index (κ3) is 3.54. The highest BCUT2D eigenvalue weighted by Crippen LogP contribution is 2.36. The number of ether oxygens (including phenoxy) is 2. The van der Waals surface area contributed by atoms with Gasteiger partial charge in [-0.15, -0.1) is 0 Å². The summed E-state index contributed by atoms with van der Waals surface area (Å²) in [5.41, 5.74) is 3.44. The molecule has 4 amide bonds. The molecule has 0 spiro atoms. The highest BCUT2D eigenvalue weighted by molar-refractivity contribution is 6.39. The number of halogens is 1. The summed E-state index contributed by atoms with van der Waals surface area (Å²) in [6.07, 6.45) is 1.50. The SMILES string of the molecule is Cc1cc(C=C2C(=O)NC(=O)N(c3ccc4c(c3)OCO4)C2=O)c(C)n1-c1ccc(Cl)cc1. The van der Waals surface area contributed by atoms with Crippen LogP contribution in [-0.4, -0.2) is 29.2 Å². The number of urea groups is 1. The van der Waals surface area contributed by atoms with Crippen LogP contribution >= 0.6 is 11.6 Å². The number of barbiturate groups is 1. The van der Waals surface area contributed by atoms with Gasteiger partial charge in [-0.25, -0.2) is 9.69 Å². The van der Waals surface area contributed by atoms with E-state index in [-0.39, 0.29) is 18.1 Å². The number of amides is 4. The Balaban J connectivity index is 1.53. The Morgan fingerprint density at radius 3 is 2.39 bits per heavy atom. The number of benzene rings is 2. The maximum atomic E-state index is 13.2. The fourth-order valence-corrected chi connectivity index (χ4v) is 4.12. The molecule has 1 aromatic heterocycles. The summed E-state index contributed by atoms with van der Waals surface area (Å²) >= 11 is 6.00. The summed E-state index contributed by atoms with van der Waals surface area (Å²) in [6.45, 7) is 3.88. The second kappa shape index (κ2) is 7.83. The van der Waals surface area contributed by atoms with E-state index < -0.39 is 17.8 Å². The smallest absolute Gasteiger partial charge is 0.335 e. The average molecular weight is 464 g/mol. The molecule has 1 N–H and O–H groups in total. The summed E-state index contributed by atoms with van der Waals surface area (Å²) in [6, 6.07) is 13.1. The fraction of sp³-hybridized carbons (Fsp3) is 0.125. The number of aromatic nitrogens is 1. The number of aryl methyl sites for hydroxylation is 1. The molecule has 3 heterocycles. The number of anilines is 1. The zero-order valence-electron chi connectivity index (χ0n) is 17.7. The zero-order valence-corrected chi connectivity index (χ0v) is 18.5. The Hall–Kier alpha value is -4.04. The Bertz CT molecular complexity index is 1360. The van der Waals surface area contributed by atoms with Crippen LogP contribution in [0.3, 0.4) is 0 Å². The van der Waals surface area contributed by atoms with Crippen LogP contribution in [0.2, 0.25) is 5.02 Å². The largest absolute Gasteiger partial charge is 0.454 e. The van der Waals surface area contributed by atoms with Crippen molar-refractivity contribution in [2.45, 2.75) is 13.8 Å². The maximum absolute atomic E-state index is 13.2. The summed E-state index contributed by atoms with van der Waals surface area (Å²) in [7, 11) is 0. The molecular weight excluding hydrogens is 446 g/mol. The minimum absolute atomic E-state index is 0.0613. The van der Waals surface area contributed by atoms with Gasteiger partial charge in [-0.05, 0) is 68.0 Å². The van der Waals surface area contributed by atoms with E-state index >= 15 is 0 Å². The number of rotatable bonds is 3. The lowest BCUT2D eigenvalue weighted by molar-refractivity contribution is -0.122. The lowest BCUT2D eigenvalue weighted by Gasteiger charge is -2.26. The molecule has 166 valence electrons. The Kier molecular flexibility index (Phi) is 4.94. The molecule has 2 aliphatic rings. The first-order chi connectivity index (χ1) is 15.8. The van der Waals surface area contributed by atoms with Crippen molar-refractivity contribution in [3.05, 3.63) is 76.1 Å². The topological polar surface area (TPSA) is 89.9 Å². The molecular formula is C24H18ClN3O5. The first kappa shape index (κ1) is 20.8. The van der Waals surface area contributed by atoms with Crippen molar-refractivity contribution < 1.29 is 23.9 Å². The van der Waals surface area contributed by atoms with Crippen molar-refractivity contribution >= 4 is 41.2 Å². The van der Waals surface area contributed by atoms with Crippen LogP contribution in [0.4, 0.5) is 10.5 Å². The second-order valence-corrected chi connectivity index (χ2v) is 8.07. The van der Waals surface area contributed by atoms with Gasteiger partial charge in [0.1, 0.15) is 5.57 Å². The number of imide groups is 2. The molecule has 0 radical (unpaired) electrons. The first-order valence-electron chi connectivity index (χ1n) is 10.1. The predicted molar refractivity (Wildman–Crippen MR) is 122 cm³/mol. The molecule has 2 aliphatic heterocycles. The molecule has 1 fully saturated rings. The molecule has 8 nitrogen and oxygen atoms in total. The van der Waals surface area contributed by atoms with E-state index in [2.05, 4.69) is 5.32 Å². The van der Waals surface area contributed by atoms with Crippen molar-refractivity contribution in [3.63, 3.8) is 0 Å². The van der Waals surface area contributed by atoms with E-state index in [1.165, 1.54) is 12.1 Å². The zero-order chi connectivity index (χ0) is 23.3. The minimum Gasteiger partial charge on any atom is -0.454 e. The molecule has 0 atom stereocenters. The first-order valence-corrected chi connectivity index (χ1v) is 10.5. The van der Waals surface area contributed by atoms with Gasteiger partial charge in [-0.2, -0.15) is 0 Å². The van der Waals surface area contributed by atoms with Crippen LogP contribution in [0.15, 0.2) is 54.1 Å². The molecule has 0 aliphatic carbocycles. The van der Waals surface area contributed by atoms with Gasteiger partial charge in [0.15, 0.2) is 11.5 Å². The number of hydrogen-bond acceptors (Lipinski definition) is 5. The Morgan fingerprint density at radius 1 is 0.939 bits per heavy atom. The highest BCUT2D eigenvalue weighted by atomic mass is 35.5. The average Bonchev–Trinajstić information content (AvgIpc) is 3.35. The number of fused-ring (bicyclic) bond motifs is 1. The van der Waals surface area contributed by atoms with Gasteiger partial charge >= 0.3 is 6.03 Å². The summed E-state index contributed by atoms with van der Waals surface area (Å²) in [5.74, 6) is -0.538. The van der Waals surface area contributed by atoms with Crippen LogP contribution in [-0.2, 0) is 9.59 Å². The van der Waals surface area contributed by atoms with E-state index in [1.54, 1.807) is 24.3 Å². The van der Waals surface area contributed by atoms with Crippen molar-refractivity contribution in [3.8, 4) is 17.2 Å². The minimum atomic E-state index is -0.826. The number of carbonyl (C=O) groups is 3. The lowest BCUT2D eigenvalue weighted by atomic mass is 10.1. The van der Waals surface area contributed by atoms with Gasteiger partial charge in [0.05, 0.1) is 5.69 Å². The summed E-state index contributed by atoms with van der Waals surface area (Å²) in [4.78, 5) is 39.2. The van der Waals surface area contributed by atoms with Crippen molar-refractivity contribution in [1.82, 2.24) is 9.88 Å². The quantitative estimate of drug-likeness (QED) is 0.465. The maximum Gasteiger partial charge on any atom is 0.335 e. The summed E-state index contributed by atoms with van der Waals surface area (Å²) < 4.78 is 12.6. The standard InChI is InChI=1S/C24H18ClN3O5/c1-13-9-15(14(2)27(13)17-5-3-16(25)4-6-17)10-19-22(29)26-24(31)28(23(19)30)18-7-8-20-21(11-18)33-12-32-20/h3-11H,12H2,1-2H3,(H,26,29,31). The molecule has 0 bridgehead atoms. The molecule has 0 unspecified atom stereocenters. The molecule has 3 aromatic rings. The third-order valence-electron chi connectivity index (χ3n) is 5.57. The van der Waals surface area contributed by atoms with Gasteiger partial charge in [0.25, 0.3) is 11.8 Å². The normalized spacial score (nSPS) is 16.5. The van der Waals surface area contributed by atoms with Gasteiger partial charge in [-0.3, -0.25) is 14.9 Å². The highest BCUT2D eigenvalue weighted by Gasteiger charge is 2.37. The predicted octanol–water partition coefficient (Wildman–Crippen LogP) is 4.14. The Morgan fingerprint density at radius 2 is 1.64 bits per heavy atom. The number of carbonyl (C=O) groups excluding carboxylic acids is 3. The number of hydrogen-bond donors (Lipinski definition) is 1. The summed E-state index contributed by atoms with van der Waals surface area (Å²) in [5, 5.41) is 2.87. The molecule has 0 saturated carbocycles. The molecule has 9 heteroatoms. The van der Waals surface area contributed by atoms with Crippen LogP contribution in [0.5, 0.6) is 11.5 Å². The van der Waals surface area contributed by atoms with E-state index in [0.29, 0.717) is 22.1 Å². The lowest BCUT2D eigenvalue weighted by Crippen LogP contribution is -2.54. The molecule has 1 saturated heterocycles. The van der Waals surface area contributed by atoms with Gasteiger partial charge < -0.3 is 14.0 Å². The van der Waals surface area contributed by atoms with Crippen LogP contribution in [0.1, 0.15) is 17.0 Å². The molecule has 5 rings (SSSR count). The van der Waals surface area contributed by atoms with Crippen LogP contribution in [0, 0.1) is 13.8 Å². The second-order valence-electron chi connectivity index (χ2n) is 7.63. The third-order valence-corrected chi connectivity index (χ3v) is 5.82. The molecule has 2 aromatic carbocycles. The van der Waals surface area contributed by atoms with E-state index in [9.17, 15) is 14.4 Å². The Labute approximate surface area is 194 Å². The monoisotopic (exact) mass is 463 g/mol. The number of nitrogens with one attached hydrogen (secondary N) is 1. The van der Waals surface area contributed by atoms with E-state index in [4.69, 9.17) is 21.1 Å². The fourth-order valence-electron chi connectivity index (χ4n) is 3.99. The number of nitrogens with zero attached hydrogens (tertiary/aromatic N) is 2. The van der Waals surface area contributed by atoms with Gasteiger partial charge in [0, 0.05) is 28.2 Å². The van der Waals surface area contributed by atoms with Crippen LogP contribution < -0.4 is 19.7 Å². The molecule has 33 heavy (non-hydrogen) atoms. The van der Waals surface area contributed by atoms with E-state index in [0.717, 1.165) is 22.0 Å².